The number of carbonyl (C=O) groups is 2. The van der Waals surface area contributed by atoms with Crippen molar-refractivity contribution in [1.82, 2.24) is 10.2 Å². The predicted octanol–water partition coefficient (Wildman–Crippen LogP) is -0.334. The normalized spacial score (nSPS) is 28.8. The lowest BCUT2D eigenvalue weighted by Gasteiger charge is -2.29. The number of carbonyl (C=O) groups excluding carboxylic acids is 2. The van der Waals surface area contributed by atoms with Gasteiger partial charge in [-0.05, 0) is 33.4 Å². The molecule has 3 amide bonds. The Labute approximate surface area is 77.3 Å². The molecule has 0 spiro atoms. The summed E-state index contributed by atoms with van der Waals surface area (Å²) >= 11 is 0. The Morgan fingerprint density at radius 1 is 1.54 bits per heavy atom. The van der Waals surface area contributed by atoms with Crippen LogP contribution in [-0.4, -0.2) is 36.0 Å². The van der Waals surface area contributed by atoms with E-state index in [1.807, 2.05) is 18.9 Å². The van der Waals surface area contributed by atoms with Gasteiger partial charge in [0, 0.05) is 0 Å². The Morgan fingerprint density at radius 3 is 2.54 bits per heavy atom. The van der Waals surface area contributed by atoms with E-state index in [4.69, 9.17) is 5.73 Å². The molecule has 1 aliphatic heterocycles. The Kier molecular flexibility index (Phi) is 2.56. The highest BCUT2D eigenvalue weighted by Gasteiger charge is 2.41. The van der Waals surface area contributed by atoms with Gasteiger partial charge < -0.3 is 5.73 Å². The van der Waals surface area contributed by atoms with E-state index < -0.39 is 11.6 Å². The summed E-state index contributed by atoms with van der Waals surface area (Å²) in [5, 5.41) is 2.11. The van der Waals surface area contributed by atoms with Gasteiger partial charge in [0.05, 0.1) is 5.54 Å². The van der Waals surface area contributed by atoms with Crippen LogP contribution < -0.4 is 11.1 Å². The van der Waals surface area contributed by atoms with Crippen molar-refractivity contribution in [3.63, 3.8) is 0 Å². The molecule has 0 aromatic carbocycles. The molecule has 0 radical (unpaired) electrons. The molecule has 0 aliphatic carbocycles. The number of rotatable bonds is 1. The second-order valence-electron chi connectivity index (χ2n) is 3.62. The minimum Gasteiger partial charge on any atom is -0.351 e. The van der Waals surface area contributed by atoms with Gasteiger partial charge in [0.1, 0.15) is 0 Å². The van der Waals surface area contributed by atoms with Gasteiger partial charge in [-0.25, -0.2) is 4.79 Å². The molecular weight excluding hydrogens is 170 g/mol. The van der Waals surface area contributed by atoms with E-state index in [0.717, 1.165) is 19.4 Å². The topological polar surface area (TPSA) is 75.4 Å². The fraction of sp³-hybridized carbons (Fsp3) is 0.750. The maximum absolute atomic E-state index is 11.5. The van der Waals surface area contributed by atoms with Crippen LogP contribution in [0.2, 0.25) is 0 Å². The van der Waals surface area contributed by atoms with Crippen molar-refractivity contribution in [2.75, 3.05) is 13.6 Å². The number of likely N-dealkylation sites (tertiary alicyclic amines) is 1. The number of hydrogen-bond acceptors (Lipinski definition) is 3. The average molecular weight is 185 g/mol. The van der Waals surface area contributed by atoms with Crippen LogP contribution in [-0.2, 0) is 4.79 Å². The van der Waals surface area contributed by atoms with E-state index >= 15 is 0 Å². The quantitative estimate of drug-likeness (QED) is 0.587. The van der Waals surface area contributed by atoms with Gasteiger partial charge in [-0.15, -0.1) is 0 Å². The Balaban J connectivity index is 2.68. The molecule has 1 aliphatic rings. The second-order valence-corrected chi connectivity index (χ2v) is 3.62. The van der Waals surface area contributed by atoms with Gasteiger partial charge in [0.15, 0.2) is 0 Å². The Morgan fingerprint density at radius 2 is 2.15 bits per heavy atom. The van der Waals surface area contributed by atoms with E-state index in [1.54, 1.807) is 0 Å². The number of nitrogens with one attached hydrogen (secondary N) is 1. The molecule has 1 heterocycles. The van der Waals surface area contributed by atoms with Gasteiger partial charge in [0.25, 0.3) is 0 Å². The van der Waals surface area contributed by atoms with E-state index in [0.29, 0.717) is 0 Å². The van der Waals surface area contributed by atoms with Crippen LogP contribution in [0.4, 0.5) is 4.79 Å². The fourth-order valence-electron chi connectivity index (χ4n) is 1.63. The summed E-state index contributed by atoms with van der Waals surface area (Å²) in [5.41, 5.74) is 4.30. The summed E-state index contributed by atoms with van der Waals surface area (Å²) in [7, 11) is 1.87. The number of imide groups is 1. The van der Waals surface area contributed by atoms with E-state index in [1.165, 1.54) is 0 Å². The molecule has 1 atom stereocenters. The summed E-state index contributed by atoms with van der Waals surface area (Å²) in [6.07, 6.45) is 1.74. The van der Waals surface area contributed by atoms with Crippen LogP contribution >= 0.6 is 0 Å². The van der Waals surface area contributed by atoms with Crippen molar-refractivity contribution in [3.05, 3.63) is 0 Å². The Bertz CT molecular complexity index is 242. The van der Waals surface area contributed by atoms with Crippen LogP contribution in [0.5, 0.6) is 0 Å². The minimum absolute atomic E-state index is 0.306. The molecule has 5 nitrogen and oxygen atoms in total. The first-order valence-corrected chi connectivity index (χ1v) is 4.29. The van der Waals surface area contributed by atoms with Crippen LogP contribution in [0.15, 0.2) is 0 Å². The van der Waals surface area contributed by atoms with Crippen molar-refractivity contribution < 1.29 is 9.59 Å². The highest BCUT2D eigenvalue weighted by molar-refractivity contribution is 5.98. The first kappa shape index (κ1) is 9.98. The van der Waals surface area contributed by atoms with Crippen LogP contribution in [0.25, 0.3) is 0 Å². The summed E-state index contributed by atoms with van der Waals surface area (Å²) < 4.78 is 0. The number of nitrogens with zero attached hydrogens (tertiary/aromatic N) is 1. The fourth-order valence-corrected chi connectivity index (χ4v) is 1.63. The van der Waals surface area contributed by atoms with Crippen molar-refractivity contribution in [2.24, 2.45) is 5.73 Å². The van der Waals surface area contributed by atoms with Crippen molar-refractivity contribution in [1.29, 1.82) is 0 Å². The second kappa shape index (κ2) is 3.33. The SMILES string of the molecule is CN1CCC[C@@]1(C)C(=O)NC(N)=O. The zero-order valence-electron chi connectivity index (χ0n) is 7.96. The van der Waals surface area contributed by atoms with E-state index in [9.17, 15) is 9.59 Å². The molecule has 1 rings (SSSR count). The maximum Gasteiger partial charge on any atom is 0.318 e. The zero-order chi connectivity index (χ0) is 10.1. The molecule has 1 fully saturated rings. The minimum atomic E-state index is -0.786. The Hall–Kier alpha value is -1.10. The molecule has 74 valence electrons. The van der Waals surface area contributed by atoms with Crippen LogP contribution in [0.1, 0.15) is 19.8 Å². The lowest BCUT2D eigenvalue weighted by Crippen LogP contribution is -2.54. The largest absolute Gasteiger partial charge is 0.351 e. The molecule has 3 N–H and O–H groups in total. The standard InChI is InChI=1S/C8H15N3O2/c1-8(4-3-5-11(8)2)6(12)10-7(9)13/h3-5H2,1-2H3,(H3,9,10,12,13)/t8-/m0/s1. The summed E-state index contributed by atoms with van der Waals surface area (Å²) in [6, 6.07) is -0.786. The van der Waals surface area contributed by atoms with E-state index in [-0.39, 0.29) is 5.91 Å². The number of hydrogen-bond donors (Lipinski definition) is 2. The average Bonchev–Trinajstić information content (AvgIpc) is 2.32. The molecule has 0 unspecified atom stereocenters. The third-order valence-corrected chi connectivity index (χ3v) is 2.73. The number of primary amides is 1. The highest BCUT2D eigenvalue weighted by Crippen LogP contribution is 2.26. The molecule has 0 saturated carbocycles. The van der Waals surface area contributed by atoms with Crippen molar-refractivity contribution in [3.8, 4) is 0 Å². The van der Waals surface area contributed by atoms with Gasteiger partial charge in [-0.3, -0.25) is 15.0 Å². The number of amides is 3. The summed E-state index contributed by atoms with van der Waals surface area (Å²) in [5.74, 6) is -0.306. The van der Waals surface area contributed by atoms with Crippen molar-refractivity contribution in [2.45, 2.75) is 25.3 Å². The first-order valence-electron chi connectivity index (χ1n) is 4.29. The van der Waals surface area contributed by atoms with Crippen LogP contribution in [0.3, 0.4) is 0 Å². The summed E-state index contributed by atoms with van der Waals surface area (Å²) in [4.78, 5) is 24.0. The molecule has 5 heteroatoms. The number of nitrogens with two attached hydrogens (primary N) is 1. The molecule has 0 aromatic rings. The van der Waals surface area contributed by atoms with Gasteiger partial charge in [-0.1, -0.05) is 0 Å². The molecule has 0 bridgehead atoms. The number of likely N-dealkylation sites (N-methyl/N-ethyl adjacent to an activating group) is 1. The van der Waals surface area contributed by atoms with Gasteiger partial charge in [-0.2, -0.15) is 0 Å². The van der Waals surface area contributed by atoms with Gasteiger partial charge in [0.2, 0.25) is 5.91 Å². The predicted molar refractivity (Wildman–Crippen MR) is 48.0 cm³/mol. The molecular formula is C8H15N3O2. The molecule has 13 heavy (non-hydrogen) atoms. The third kappa shape index (κ3) is 1.80. The van der Waals surface area contributed by atoms with Crippen LogP contribution in [0, 0.1) is 0 Å². The monoisotopic (exact) mass is 185 g/mol. The lowest BCUT2D eigenvalue weighted by molar-refractivity contribution is -0.129. The summed E-state index contributed by atoms with van der Waals surface area (Å²) in [6.45, 7) is 2.70. The zero-order valence-corrected chi connectivity index (χ0v) is 7.96. The van der Waals surface area contributed by atoms with Gasteiger partial charge >= 0.3 is 6.03 Å². The highest BCUT2D eigenvalue weighted by atomic mass is 16.2. The molecule has 1 saturated heterocycles. The number of urea groups is 1. The third-order valence-electron chi connectivity index (χ3n) is 2.73. The smallest absolute Gasteiger partial charge is 0.318 e. The van der Waals surface area contributed by atoms with Crippen molar-refractivity contribution >= 4 is 11.9 Å². The maximum atomic E-state index is 11.5. The molecule has 0 aromatic heterocycles. The lowest BCUT2D eigenvalue weighted by atomic mass is 9.98. The first-order chi connectivity index (χ1) is 5.97. The van der Waals surface area contributed by atoms with E-state index in [2.05, 4.69) is 5.32 Å².